The third-order valence-electron chi connectivity index (χ3n) is 5.84. The number of amides is 3. The monoisotopic (exact) mass is 489 g/mol. The van der Waals surface area contributed by atoms with E-state index in [1.807, 2.05) is 24.5 Å². The van der Waals surface area contributed by atoms with Crippen LogP contribution in [0, 0.1) is 17.6 Å². The van der Waals surface area contributed by atoms with E-state index in [1.54, 1.807) is 16.7 Å². The first-order valence-electron chi connectivity index (χ1n) is 11.2. The number of carbonyl (C=O) groups excluding carboxylic acids is 3. The van der Waals surface area contributed by atoms with Gasteiger partial charge < -0.3 is 15.5 Å². The van der Waals surface area contributed by atoms with E-state index in [0.29, 0.717) is 25.3 Å². The van der Waals surface area contributed by atoms with Gasteiger partial charge in [0.25, 0.3) is 0 Å². The summed E-state index contributed by atoms with van der Waals surface area (Å²) < 4.78 is 26.7. The highest BCUT2D eigenvalue weighted by Crippen LogP contribution is 2.20. The van der Waals surface area contributed by atoms with Gasteiger partial charge in [0, 0.05) is 25.7 Å². The van der Waals surface area contributed by atoms with Gasteiger partial charge in [-0.05, 0) is 60.6 Å². The number of halogens is 2. The second kappa shape index (κ2) is 12.0. The van der Waals surface area contributed by atoms with E-state index in [2.05, 4.69) is 16.7 Å². The van der Waals surface area contributed by atoms with Crippen LogP contribution in [0.3, 0.4) is 0 Å². The zero-order valence-electron chi connectivity index (χ0n) is 19.3. The Balaban J connectivity index is 1.60. The predicted molar refractivity (Wildman–Crippen MR) is 128 cm³/mol. The van der Waals surface area contributed by atoms with E-state index in [4.69, 9.17) is 0 Å². The fraction of sp³-hybridized carbons (Fsp3) is 0.400. The first-order valence-corrected chi connectivity index (χ1v) is 12.6. The van der Waals surface area contributed by atoms with Crippen molar-refractivity contribution < 1.29 is 23.2 Å². The Morgan fingerprint density at radius 2 is 1.74 bits per heavy atom. The molecule has 2 N–H and O–H groups in total. The molecule has 0 radical (unpaired) electrons. The highest BCUT2D eigenvalue weighted by atomic mass is 32.2. The normalized spacial score (nSPS) is 14.6. The third kappa shape index (κ3) is 6.79. The highest BCUT2D eigenvalue weighted by Gasteiger charge is 2.31. The van der Waals surface area contributed by atoms with E-state index in [-0.39, 0.29) is 18.0 Å². The maximum atomic E-state index is 13.3. The predicted octanol–water partition coefficient (Wildman–Crippen LogP) is 3.04. The van der Waals surface area contributed by atoms with Crippen LogP contribution in [0.1, 0.15) is 30.0 Å². The molecule has 3 amide bonds. The third-order valence-corrected chi connectivity index (χ3v) is 6.49. The number of nitrogens with one attached hydrogen (secondary N) is 2. The molecule has 2 unspecified atom stereocenters. The van der Waals surface area contributed by atoms with Crippen molar-refractivity contribution in [1.29, 1.82) is 0 Å². The Bertz CT molecular complexity index is 1030. The van der Waals surface area contributed by atoms with Gasteiger partial charge in [-0.3, -0.25) is 14.4 Å². The Labute approximate surface area is 202 Å². The van der Waals surface area contributed by atoms with Gasteiger partial charge in [0.15, 0.2) is 0 Å². The fourth-order valence-corrected chi connectivity index (χ4v) is 4.34. The average molecular weight is 490 g/mol. The zero-order chi connectivity index (χ0) is 24.7. The largest absolute Gasteiger partial charge is 0.351 e. The van der Waals surface area contributed by atoms with E-state index in [1.165, 1.54) is 12.5 Å². The van der Waals surface area contributed by atoms with E-state index in [0.717, 1.165) is 30.2 Å². The quantitative estimate of drug-likeness (QED) is 0.531. The van der Waals surface area contributed by atoms with Crippen molar-refractivity contribution in [3.63, 3.8) is 0 Å². The topological polar surface area (TPSA) is 78.5 Å². The molecule has 0 saturated carbocycles. The smallest absolute Gasteiger partial charge is 0.245 e. The molecule has 2 aromatic carbocycles. The summed E-state index contributed by atoms with van der Waals surface area (Å²) in [5.74, 6) is -3.22. The molecule has 182 valence electrons. The SMILES string of the molecule is CSCCC(NC(=O)C(C)C(=O)NCc1cc(F)cc(F)c1)C(=O)N1CCc2ccccc2C1. The maximum Gasteiger partial charge on any atom is 0.245 e. The summed E-state index contributed by atoms with van der Waals surface area (Å²) in [5, 5.41) is 5.27. The molecule has 0 bridgehead atoms. The molecule has 3 rings (SSSR count). The number of benzene rings is 2. The molecule has 2 atom stereocenters. The van der Waals surface area contributed by atoms with Crippen LogP contribution in [0.4, 0.5) is 8.78 Å². The summed E-state index contributed by atoms with van der Waals surface area (Å²) >= 11 is 1.57. The molecule has 0 saturated heterocycles. The molecule has 2 aromatic rings. The molecule has 0 fully saturated rings. The van der Waals surface area contributed by atoms with Crippen LogP contribution in [0.15, 0.2) is 42.5 Å². The standard InChI is InChI=1S/C25H29F2N3O3S/c1-16(23(31)28-14-17-11-20(26)13-21(27)12-17)24(32)29-22(8-10-34-2)25(33)30-9-7-18-5-3-4-6-19(18)15-30/h3-6,11-13,16,22H,7-10,14-15H2,1-2H3,(H,28,31)(H,29,32). The van der Waals surface area contributed by atoms with Crippen molar-refractivity contribution >= 4 is 29.5 Å². The van der Waals surface area contributed by atoms with Crippen LogP contribution in [-0.2, 0) is 33.9 Å². The first-order chi connectivity index (χ1) is 16.3. The second-order valence-electron chi connectivity index (χ2n) is 8.34. The van der Waals surface area contributed by atoms with Gasteiger partial charge in [0.1, 0.15) is 23.6 Å². The average Bonchev–Trinajstić information content (AvgIpc) is 2.83. The van der Waals surface area contributed by atoms with Crippen molar-refractivity contribution in [3.05, 3.63) is 70.8 Å². The minimum absolute atomic E-state index is 0.118. The lowest BCUT2D eigenvalue weighted by Gasteiger charge is -2.32. The molecule has 34 heavy (non-hydrogen) atoms. The summed E-state index contributed by atoms with van der Waals surface area (Å²) in [4.78, 5) is 40.3. The summed E-state index contributed by atoms with van der Waals surface area (Å²) in [6.07, 6.45) is 3.12. The summed E-state index contributed by atoms with van der Waals surface area (Å²) in [7, 11) is 0. The molecule has 6 nitrogen and oxygen atoms in total. The van der Waals surface area contributed by atoms with Gasteiger partial charge in [-0.15, -0.1) is 0 Å². The molecular formula is C25H29F2N3O3S. The number of hydrogen-bond donors (Lipinski definition) is 2. The van der Waals surface area contributed by atoms with Crippen LogP contribution >= 0.6 is 11.8 Å². The number of nitrogens with zero attached hydrogens (tertiary/aromatic N) is 1. The van der Waals surface area contributed by atoms with E-state index < -0.39 is 35.4 Å². The molecule has 9 heteroatoms. The summed E-state index contributed by atoms with van der Waals surface area (Å²) in [6, 6.07) is 10.2. The number of hydrogen-bond acceptors (Lipinski definition) is 4. The van der Waals surface area contributed by atoms with Crippen LogP contribution in [0.25, 0.3) is 0 Å². The van der Waals surface area contributed by atoms with Crippen LogP contribution in [-0.4, -0.2) is 47.2 Å². The lowest BCUT2D eigenvalue weighted by molar-refractivity contribution is -0.140. The molecule has 0 aromatic heterocycles. The van der Waals surface area contributed by atoms with Gasteiger partial charge in [-0.1, -0.05) is 24.3 Å². The van der Waals surface area contributed by atoms with Gasteiger partial charge in [0.05, 0.1) is 0 Å². The van der Waals surface area contributed by atoms with Gasteiger partial charge in [-0.25, -0.2) is 8.78 Å². The lowest BCUT2D eigenvalue weighted by atomic mass is 9.99. The van der Waals surface area contributed by atoms with Crippen molar-refractivity contribution in [2.45, 2.75) is 38.9 Å². The van der Waals surface area contributed by atoms with Crippen LogP contribution in [0.5, 0.6) is 0 Å². The number of thioether (sulfide) groups is 1. The van der Waals surface area contributed by atoms with E-state index in [9.17, 15) is 23.2 Å². The van der Waals surface area contributed by atoms with Crippen molar-refractivity contribution in [1.82, 2.24) is 15.5 Å². The minimum atomic E-state index is -1.08. The second-order valence-corrected chi connectivity index (χ2v) is 9.32. The summed E-state index contributed by atoms with van der Waals surface area (Å²) in [6.45, 7) is 2.37. The van der Waals surface area contributed by atoms with Crippen LogP contribution in [0.2, 0.25) is 0 Å². The Morgan fingerprint density at radius 3 is 2.41 bits per heavy atom. The Hall–Kier alpha value is -2.94. The van der Waals surface area contributed by atoms with Crippen molar-refractivity contribution in [2.75, 3.05) is 18.6 Å². The highest BCUT2D eigenvalue weighted by molar-refractivity contribution is 7.98. The first kappa shape index (κ1) is 25.7. The number of fused-ring (bicyclic) bond motifs is 1. The van der Waals surface area contributed by atoms with Gasteiger partial charge in [0.2, 0.25) is 17.7 Å². The molecular weight excluding hydrogens is 460 g/mol. The number of rotatable bonds is 9. The minimum Gasteiger partial charge on any atom is -0.351 e. The van der Waals surface area contributed by atoms with E-state index >= 15 is 0 Å². The van der Waals surface area contributed by atoms with Gasteiger partial charge in [-0.2, -0.15) is 11.8 Å². The van der Waals surface area contributed by atoms with Crippen LogP contribution < -0.4 is 10.6 Å². The Kier molecular flexibility index (Phi) is 9.04. The molecule has 0 aliphatic carbocycles. The fourth-order valence-electron chi connectivity index (χ4n) is 3.87. The van der Waals surface area contributed by atoms with Crippen molar-refractivity contribution in [3.8, 4) is 0 Å². The molecule has 0 spiro atoms. The molecule has 1 aliphatic heterocycles. The lowest BCUT2D eigenvalue weighted by Crippen LogP contribution is -2.52. The van der Waals surface area contributed by atoms with Gasteiger partial charge >= 0.3 is 0 Å². The summed E-state index contributed by atoms with van der Waals surface area (Å²) in [5.41, 5.74) is 2.56. The van der Waals surface area contributed by atoms with Crippen molar-refractivity contribution in [2.24, 2.45) is 5.92 Å². The Morgan fingerprint density at radius 1 is 1.06 bits per heavy atom. The number of carbonyl (C=O) groups is 3. The zero-order valence-corrected chi connectivity index (χ0v) is 20.1. The maximum absolute atomic E-state index is 13.3. The molecule has 1 heterocycles. The molecule has 1 aliphatic rings.